The van der Waals surface area contributed by atoms with E-state index in [1.807, 2.05) is 31.1 Å². The molecule has 2 rings (SSSR count). The molecule has 6 heteroatoms. The van der Waals surface area contributed by atoms with Crippen molar-refractivity contribution in [3.8, 4) is 0 Å². The second-order valence-corrected chi connectivity index (χ2v) is 5.22. The number of hydrogen-bond acceptors (Lipinski definition) is 4. The maximum absolute atomic E-state index is 11.1. The third kappa shape index (κ3) is 1.89. The summed E-state index contributed by atoms with van der Waals surface area (Å²) in [6.45, 7) is 0. The maximum Gasteiger partial charge on any atom is 0.271 e. The number of furan rings is 1. The van der Waals surface area contributed by atoms with E-state index >= 15 is 0 Å². The number of primary sulfonamides is 1. The van der Waals surface area contributed by atoms with E-state index < -0.39 is 10.0 Å². The normalized spacial score (nSPS) is 11.9. The molecule has 5 nitrogen and oxygen atoms in total. The monoisotopic (exact) mass is 240 g/mol. The molecule has 1 heterocycles. The number of rotatable bonds is 2. The van der Waals surface area contributed by atoms with E-state index in [0.717, 1.165) is 11.1 Å². The third-order valence-corrected chi connectivity index (χ3v) is 3.04. The van der Waals surface area contributed by atoms with E-state index in [-0.39, 0.29) is 5.09 Å². The molecule has 0 amide bonds. The van der Waals surface area contributed by atoms with E-state index in [0.29, 0.717) is 5.58 Å². The molecule has 0 radical (unpaired) electrons. The van der Waals surface area contributed by atoms with Crippen molar-refractivity contribution in [2.45, 2.75) is 5.09 Å². The smallest absolute Gasteiger partial charge is 0.271 e. The maximum atomic E-state index is 11.1. The highest BCUT2D eigenvalue weighted by Crippen LogP contribution is 2.25. The minimum atomic E-state index is -3.78. The van der Waals surface area contributed by atoms with Crippen molar-refractivity contribution in [3.63, 3.8) is 0 Å². The molecule has 0 aliphatic carbocycles. The van der Waals surface area contributed by atoms with Crippen LogP contribution in [-0.4, -0.2) is 22.5 Å². The van der Waals surface area contributed by atoms with Gasteiger partial charge in [0.25, 0.3) is 10.0 Å². The first-order chi connectivity index (χ1) is 7.38. The lowest BCUT2D eigenvalue weighted by molar-refractivity contribution is 0.482. The summed E-state index contributed by atoms with van der Waals surface area (Å²) in [6.07, 6.45) is 0. The van der Waals surface area contributed by atoms with Gasteiger partial charge >= 0.3 is 0 Å². The fourth-order valence-corrected chi connectivity index (χ4v) is 1.92. The van der Waals surface area contributed by atoms with Crippen LogP contribution in [0.5, 0.6) is 0 Å². The first-order valence-electron chi connectivity index (χ1n) is 4.61. The summed E-state index contributed by atoms with van der Waals surface area (Å²) in [5.41, 5.74) is 1.48. The highest BCUT2D eigenvalue weighted by Gasteiger charge is 2.14. The largest absolute Gasteiger partial charge is 0.443 e. The zero-order valence-corrected chi connectivity index (χ0v) is 9.78. The Labute approximate surface area is 93.5 Å². The van der Waals surface area contributed by atoms with Crippen LogP contribution in [0.15, 0.2) is 33.8 Å². The molecule has 0 saturated carbocycles. The third-order valence-electron chi connectivity index (χ3n) is 2.27. The lowest BCUT2D eigenvalue weighted by Gasteiger charge is -2.11. The van der Waals surface area contributed by atoms with Crippen molar-refractivity contribution >= 4 is 26.7 Å². The predicted molar refractivity (Wildman–Crippen MR) is 61.9 cm³/mol. The molecule has 0 aliphatic heterocycles. The van der Waals surface area contributed by atoms with Gasteiger partial charge in [0.1, 0.15) is 5.58 Å². The van der Waals surface area contributed by atoms with Crippen molar-refractivity contribution in [2.75, 3.05) is 19.0 Å². The number of anilines is 1. The Morgan fingerprint density at radius 2 is 1.94 bits per heavy atom. The quantitative estimate of drug-likeness (QED) is 0.854. The average Bonchev–Trinajstić information content (AvgIpc) is 2.58. The number of sulfonamides is 1. The summed E-state index contributed by atoms with van der Waals surface area (Å²) >= 11 is 0. The van der Waals surface area contributed by atoms with E-state index in [1.165, 1.54) is 6.07 Å². The van der Waals surface area contributed by atoms with Crippen LogP contribution in [0.25, 0.3) is 11.0 Å². The van der Waals surface area contributed by atoms with Gasteiger partial charge in [0, 0.05) is 31.2 Å². The van der Waals surface area contributed by atoms with Gasteiger partial charge in [0.05, 0.1) is 0 Å². The minimum Gasteiger partial charge on any atom is -0.443 e. The van der Waals surface area contributed by atoms with Gasteiger partial charge in [0.15, 0.2) is 0 Å². The van der Waals surface area contributed by atoms with Crippen LogP contribution in [0.1, 0.15) is 0 Å². The standard InChI is InChI=1S/C10H12N2O3S/c1-12(2)8-3-4-9-7(5-8)6-10(15-9)16(11,13)14/h3-6H,1-2H3,(H2,11,13,14). The van der Waals surface area contributed by atoms with Gasteiger partial charge in [-0.05, 0) is 18.2 Å². The van der Waals surface area contributed by atoms with Crippen LogP contribution < -0.4 is 10.0 Å². The van der Waals surface area contributed by atoms with E-state index in [1.54, 1.807) is 6.07 Å². The molecule has 0 atom stereocenters. The second kappa shape index (κ2) is 3.50. The fraction of sp³-hybridized carbons (Fsp3) is 0.200. The van der Waals surface area contributed by atoms with Crippen LogP contribution in [0.4, 0.5) is 5.69 Å². The Morgan fingerprint density at radius 1 is 1.25 bits per heavy atom. The number of hydrogen-bond donors (Lipinski definition) is 1. The SMILES string of the molecule is CN(C)c1ccc2oc(S(N)(=O)=O)cc2c1. The number of nitrogens with two attached hydrogens (primary N) is 1. The van der Waals surface area contributed by atoms with Gasteiger partial charge < -0.3 is 9.32 Å². The summed E-state index contributed by atoms with van der Waals surface area (Å²) in [5, 5.41) is 5.49. The Balaban J connectivity index is 2.63. The highest BCUT2D eigenvalue weighted by atomic mass is 32.2. The molecule has 0 aliphatic rings. The Hall–Kier alpha value is -1.53. The molecule has 0 unspecified atom stereocenters. The Morgan fingerprint density at radius 3 is 2.50 bits per heavy atom. The van der Waals surface area contributed by atoms with Gasteiger partial charge in [-0.3, -0.25) is 0 Å². The summed E-state index contributed by atoms with van der Waals surface area (Å²) in [6, 6.07) is 6.84. The minimum absolute atomic E-state index is 0.210. The van der Waals surface area contributed by atoms with Gasteiger partial charge in [-0.25, -0.2) is 13.6 Å². The van der Waals surface area contributed by atoms with Crippen molar-refractivity contribution in [1.82, 2.24) is 0 Å². The number of nitrogens with zero attached hydrogens (tertiary/aromatic N) is 1. The van der Waals surface area contributed by atoms with Crippen molar-refractivity contribution in [3.05, 3.63) is 24.3 Å². The van der Waals surface area contributed by atoms with Crippen molar-refractivity contribution < 1.29 is 12.8 Å². The second-order valence-electron chi connectivity index (χ2n) is 3.73. The summed E-state index contributed by atoms with van der Waals surface area (Å²) in [4.78, 5) is 1.92. The van der Waals surface area contributed by atoms with Crippen LogP contribution in [-0.2, 0) is 10.0 Å². The molecule has 1 aromatic heterocycles. The van der Waals surface area contributed by atoms with Crippen LogP contribution in [0.3, 0.4) is 0 Å². The van der Waals surface area contributed by atoms with Gasteiger partial charge in [-0.1, -0.05) is 0 Å². The van der Waals surface area contributed by atoms with Crippen LogP contribution in [0, 0.1) is 0 Å². The zero-order valence-electron chi connectivity index (χ0n) is 8.97. The molecule has 2 aromatic rings. The summed E-state index contributed by atoms with van der Waals surface area (Å²) < 4.78 is 27.3. The van der Waals surface area contributed by atoms with Crippen molar-refractivity contribution in [2.24, 2.45) is 5.14 Å². The highest BCUT2D eigenvalue weighted by molar-refractivity contribution is 7.89. The van der Waals surface area contributed by atoms with Gasteiger partial charge in [-0.15, -0.1) is 0 Å². The number of benzene rings is 1. The lowest BCUT2D eigenvalue weighted by Crippen LogP contribution is -2.10. The lowest BCUT2D eigenvalue weighted by atomic mass is 10.2. The fourth-order valence-electron chi connectivity index (χ4n) is 1.42. The zero-order chi connectivity index (χ0) is 11.9. The molecule has 86 valence electrons. The molecular formula is C10H12N2O3S. The van der Waals surface area contributed by atoms with Gasteiger partial charge in [-0.2, -0.15) is 0 Å². The van der Waals surface area contributed by atoms with E-state index in [2.05, 4.69) is 0 Å². The molecule has 0 saturated heterocycles. The first kappa shape index (κ1) is 11.0. The molecule has 2 N–H and O–H groups in total. The Kier molecular flexibility index (Phi) is 2.40. The molecule has 0 spiro atoms. The number of fused-ring (bicyclic) bond motifs is 1. The molecule has 0 bridgehead atoms. The van der Waals surface area contributed by atoms with E-state index in [4.69, 9.17) is 9.56 Å². The van der Waals surface area contributed by atoms with Gasteiger partial charge in [0.2, 0.25) is 5.09 Å². The van der Waals surface area contributed by atoms with Crippen LogP contribution >= 0.6 is 0 Å². The Bertz CT molecular complexity index is 629. The van der Waals surface area contributed by atoms with Crippen molar-refractivity contribution in [1.29, 1.82) is 0 Å². The van der Waals surface area contributed by atoms with E-state index in [9.17, 15) is 8.42 Å². The molecule has 16 heavy (non-hydrogen) atoms. The summed E-state index contributed by atoms with van der Waals surface area (Å²) in [7, 11) is 0.0312. The molecular weight excluding hydrogens is 228 g/mol. The van der Waals surface area contributed by atoms with Crippen LogP contribution in [0.2, 0.25) is 0 Å². The molecule has 0 fully saturated rings. The first-order valence-corrected chi connectivity index (χ1v) is 6.16. The predicted octanol–water partition coefficient (Wildman–Crippen LogP) is 1.15. The summed E-state index contributed by atoms with van der Waals surface area (Å²) in [5.74, 6) is 0. The average molecular weight is 240 g/mol. The topological polar surface area (TPSA) is 76.5 Å². The molecule has 1 aromatic carbocycles.